The van der Waals surface area contributed by atoms with Crippen LogP contribution in [0, 0.1) is 11.7 Å². The Morgan fingerprint density at radius 3 is 2.34 bits per heavy atom. The minimum atomic E-state index is -3.75. The summed E-state index contributed by atoms with van der Waals surface area (Å²) in [6.45, 7) is 0.518. The zero-order valence-electron chi connectivity index (χ0n) is 16.2. The molecule has 1 aliphatic carbocycles. The molecular formula is C22H25FN2O3S. The van der Waals surface area contributed by atoms with Gasteiger partial charge in [0.15, 0.2) is 0 Å². The lowest BCUT2D eigenvalue weighted by Gasteiger charge is -2.44. The lowest BCUT2D eigenvalue weighted by molar-refractivity contribution is -0.129. The third kappa shape index (κ3) is 3.94. The molecule has 0 unspecified atom stereocenters. The Balaban J connectivity index is 1.48. The van der Waals surface area contributed by atoms with E-state index in [1.807, 2.05) is 30.3 Å². The molecule has 2 aliphatic rings. The Hall–Kier alpha value is -2.25. The van der Waals surface area contributed by atoms with E-state index in [2.05, 4.69) is 5.32 Å². The van der Waals surface area contributed by atoms with Crippen LogP contribution >= 0.6 is 0 Å². The van der Waals surface area contributed by atoms with Gasteiger partial charge in [-0.15, -0.1) is 0 Å². The number of carbonyl (C=O) groups is 1. The highest BCUT2D eigenvalue weighted by Gasteiger charge is 2.42. The van der Waals surface area contributed by atoms with Crippen LogP contribution in [0.1, 0.15) is 37.7 Å². The summed E-state index contributed by atoms with van der Waals surface area (Å²) in [6, 6.07) is 14.8. The molecule has 1 heterocycles. The van der Waals surface area contributed by atoms with Crippen molar-refractivity contribution >= 4 is 15.9 Å². The van der Waals surface area contributed by atoms with Gasteiger partial charge < -0.3 is 5.32 Å². The normalized spacial score (nSPS) is 21.9. The molecule has 1 N–H and O–H groups in total. The van der Waals surface area contributed by atoms with Gasteiger partial charge in [-0.1, -0.05) is 30.3 Å². The number of hydrogen-bond acceptors (Lipinski definition) is 3. The van der Waals surface area contributed by atoms with Crippen molar-refractivity contribution in [3.63, 3.8) is 0 Å². The Morgan fingerprint density at radius 1 is 1.03 bits per heavy atom. The molecule has 0 bridgehead atoms. The van der Waals surface area contributed by atoms with E-state index in [1.165, 1.54) is 16.4 Å². The Morgan fingerprint density at radius 2 is 1.72 bits per heavy atom. The summed E-state index contributed by atoms with van der Waals surface area (Å²) < 4.78 is 40.3. The first kappa shape index (κ1) is 20.0. The maximum atomic E-state index is 13.2. The van der Waals surface area contributed by atoms with Gasteiger partial charge >= 0.3 is 0 Å². The summed E-state index contributed by atoms with van der Waals surface area (Å²) in [5.41, 5.74) is 0.766. The van der Waals surface area contributed by atoms with E-state index in [-0.39, 0.29) is 28.8 Å². The molecule has 5 nitrogen and oxygen atoms in total. The molecule has 0 radical (unpaired) electrons. The molecule has 1 aliphatic heterocycles. The molecular weight excluding hydrogens is 391 g/mol. The zero-order chi connectivity index (χ0) is 20.5. The molecule has 7 heteroatoms. The van der Waals surface area contributed by atoms with E-state index >= 15 is 0 Å². The van der Waals surface area contributed by atoms with E-state index in [4.69, 9.17) is 0 Å². The number of halogens is 1. The Bertz CT molecular complexity index is 973. The van der Waals surface area contributed by atoms with Gasteiger partial charge in [-0.25, -0.2) is 12.8 Å². The van der Waals surface area contributed by atoms with Gasteiger partial charge in [0.05, 0.1) is 16.4 Å². The van der Waals surface area contributed by atoms with Gasteiger partial charge in [0, 0.05) is 13.1 Å². The van der Waals surface area contributed by atoms with Crippen LogP contribution in [0.2, 0.25) is 0 Å². The molecule has 1 atom stereocenters. The fraction of sp³-hybridized carbons (Fsp3) is 0.409. The molecule has 2 aromatic rings. The molecule has 2 fully saturated rings. The van der Waals surface area contributed by atoms with Crippen LogP contribution in [0.4, 0.5) is 4.39 Å². The highest BCUT2D eigenvalue weighted by atomic mass is 32.2. The first-order chi connectivity index (χ1) is 13.9. The fourth-order valence-corrected chi connectivity index (χ4v) is 5.77. The molecule has 1 saturated carbocycles. The minimum Gasteiger partial charge on any atom is -0.346 e. The molecule has 0 spiro atoms. The van der Waals surface area contributed by atoms with Crippen LogP contribution in [0.25, 0.3) is 0 Å². The number of hydrogen-bond donors (Lipinski definition) is 1. The van der Waals surface area contributed by atoms with Crippen molar-refractivity contribution in [2.24, 2.45) is 5.92 Å². The topological polar surface area (TPSA) is 66.5 Å². The van der Waals surface area contributed by atoms with Crippen LogP contribution < -0.4 is 5.32 Å². The van der Waals surface area contributed by atoms with Gasteiger partial charge in [-0.2, -0.15) is 4.31 Å². The molecule has 4 rings (SSSR count). The largest absolute Gasteiger partial charge is 0.346 e. The molecule has 1 saturated heterocycles. The summed E-state index contributed by atoms with van der Waals surface area (Å²) in [5.74, 6) is -0.959. The first-order valence-electron chi connectivity index (χ1n) is 10.0. The molecule has 29 heavy (non-hydrogen) atoms. The van der Waals surface area contributed by atoms with Crippen LogP contribution in [0.15, 0.2) is 59.5 Å². The van der Waals surface area contributed by atoms with Crippen LogP contribution in [-0.4, -0.2) is 31.7 Å². The van der Waals surface area contributed by atoms with Crippen LogP contribution in [0.5, 0.6) is 0 Å². The van der Waals surface area contributed by atoms with Gasteiger partial charge in [0.2, 0.25) is 15.9 Å². The van der Waals surface area contributed by atoms with E-state index in [9.17, 15) is 17.6 Å². The third-order valence-corrected chi connectivity index (χ3v) is 7.98. The smallest absolute Gasteiger partial charge is 0.243 e. The van der Waals surface area contributed by atoms with E-state index in [1.54, 1.807) is 0 Å². The SMILES string of the molecule is O=C(NC1(c2ccccc2)CCC1)[C@@H]1CCCN(S(=O)(=O)c2ccc(F)cc2)C1. The molecule has 0 aromatic heterocycles. The predicted molar refractivity (Wildman–Crippen MR) is 108 cm³/mol. The summed E-state index contributed by atoms with van der Waals surface area (Å²) in [6.07, 6.45) is 4.13. The predicted octanol–water partition coefficient (Wildman–Crippen LogP) is 3.42. The maximum absolute atomic E-state index is 13.2. The molecule has 154 valence electrons. The van der Waals surface area contributed by atoms with Crippen molar-refractivity contribution < 1.29 is 17.6 Å². The monoisotopic (exact) mass is 416 g/mol. The summed E-state index contributed by atoms with van der Waals surface area (Å²) >= 11 is 0. The number of piperidine rings is 1. The number of nitrogens with zero attached hydrogens (tertiary/aromatic N) is 1. The van der Waals surface area contributed by atoms with Crippen molar-refractivity contribution in [1.29, 1.82) is 0 Å². The first-order valence-corrected chi connectivity index (χ1v) is 11.5. The zero-order valence-corrected chi connectivity index (χ0v) is 17.0. The lowest BCUT2D eigenvalue weighted by Crippen LogP contribution is -2.54. The van der Waals surface area contributed by atoms with E-state index < -0.39 is 15.8 Å². The molecule has 1 amide bonds. The maximum Gasteiger partial charge on any atom is 0.243 e. The van der Waals surface area contributed by atoms with Crippen molar-refractivity contribution in [2.45, 2.75) is 42.5 Å². The van der Waals surface area contributed by atoms with Crippen molar-refractivity contribution in [2.75, 3.05) is 13.1 Å². The average molecular weight is 417 g/mol. The van der Waals surface area contributed by atoms with E-state index in [0.29, 0.717) is 19.4 Å². The van der Waals surface area contributed by atoms with Gasteiger partial charge in [-0.3, -0.25) is 4.79 Å². The number of sulfonamides is 1. The van der Waals surface area contributed by atoms with Crippen molar-refractivity contribution in [3.8, 4) is 0 Å². The fourth-order valence-electron chi connectivity index (χ4n) is 4.24. The lowest BCUT2D eigenvalue weighted by atomic mass is 9.71. The average Bonchev–Trinajstić information content (AvgIpc) is 2.71. The number of carbonyl (C=O) groups excluding carboxylic acids is 1. The van der Waals surface area contributed by atoms with Gasteiger partial charge in [0.1, 0.15) is 5.82 Å². The second-order valence-electron chi connectivity index (χ2n) is 7.95. The summed E-state index contributed by atoms with van der Waals surface area (Å²) in [7, 11) is -3.75. The Labute approximate surface area is 171 Å². The number of amides is 1. The quantitative estimate of drug-likeness (QED) is 0.812. The van der Waals surface area contributed by atoms with Crippen molar-refractivity contribution in [1.82, 2.24) is 9.62 Å². The summed E-state index contributed by atoms with van der Waals surface area (Å²) in [4.78, 5) is 13.1. The molecule has 2 aromatic carbocycles. The number of nitrogens with one attached hydrogen (secondary N) is 1. The minimum absolute atomic E-state index is 0.0553. The standard InChI is InChI=1S/C22H25FN2O3S/c23-19-9-11-20(12-10-19)29(27,28)25-15-4-6-17(16-25)21(26)24-22(13-5-14-22)18-7-2-1-3-8-18/h1-3,7-12,17H,4-6,13-16H2,(H,24,26)/t17-/m1/s1. The van der Waals surface area contributed by atoms with Crippen molar-refractivity contribution in [3.05, 3.63) is 66.0 Å². The summed E-state index contributed by atoms with van der Waals surface area (Å²) in [5, 5.41) is 3.23. The third-order valence-electron chi connectivity index (χ3n) is 6.10. The van der Waals surface area contributed by atoms with Crippen LogP contribution in [-0.2, 0) is 20.4 Å². The number of benzene rings is 2. The Kier molecular flexibility index (Phi) is 5.44. The van der Waals surface area contributed by atoms with Crippen LogP contribution in [0.3, 0.4) is 0 Å². The van der Waals surface area contributed by atoms with Gasteiger partial charge in [-0.05, 0) is 61.9 Å². The van der Waals surface area contributed by atoms with E-state index in [0.717, 1.165) is 37.0 Å². The second kappa shape index (κ2) is 7.88. The second-order valence-corrected chi connectivity index (χ2v) is 9.88. The highest BCUT2D eigenvalue weighted by molar-refractivity contribution is 7.89. The number of rotatable bonds is 5. The van der Waals surface area contributed by atoms with Gasteiger partial charge in [0.25, 0.3) is 0 Å². The highest BCUT2D eigenvalue weighted by Crippen LogP contribution is 2.41.